The number of sulfonamides is 1. The summed E-state index contributed by atoms with van der Waals surface area (Å²) in [6, 6.07) is 3.31. The van der Waals surface area contributed by atoms with Crippen molar-refractivity contribution in [3.05, 3.63) is 41.0 Å². The third kappa shape index (κ3) is 8.77. The molecule has 0 fully saturated rings. The van der Waals surface area contributed by atoms with E-state index in [4.69, 9.17) is 4.74 Å². The van der Waals surface area contributed by atoms with E-state index in [1.54, 1.807) is 12.2 Å². The van der Waals surface area contributed by atoms with Crippen LogP contribution in [0.2, 0.25) is 0 Å². The molecule has 0 spiro atoms. The van der Waals surface area contributed by atoms with Gasteiger partial charge in [0.2, 0.25) is 10.0 Å². The Labute approximate surface area is 189 Å². The molecule has 0 aliphatic rings. The van der Waals surface area contributed by atoms with Gasteiger partial charge in [0.05, 0.1) is 10.8 Å². The molecule has 31 heavy (non-hydrogen) atoms. The van der Waals surface area contributed by atoms with E-state index in [1.807, 2.05) is 67.5 Å². The first kappa shape index (κ1) is 27.4. The number of nitrogens with one attached hydrogen (secondary N) is 1. The maximum Gasteiger partial charge on any atom is 0.313 e. The van der Waals surface area contributed by atoms with E-state index in [2.05, 4.69) is 18.6 Å². The summed E-state index contributed by atoms with van der Waals surface area (Å²) >= 11 is 0. The quantitative estimate of drug-likeness (QED) is 0.399. The number of ether oxygens (including phenoxy) is 1. The van der Waals surface area contributed by atoms with Crippen molar-refractivity contribution < 1.29 is 17.9 Å². The third-order valence-corrected chi connectivity index (χ3v) is 6.63. The van der Waals surface area contributed by atoms with Gasteiger partial charge in [-0.25, -0.2) is 13.1 Å². The highest BCUT2D eigenvalue weighted by molar-refractivity contribution is 7.89. The van der Waals surface area contributed by atoms with Crippen LogP contribution in [0.1, 0.15) is 71.6 Å². The Hall–Kier alpha value is -1.66. The van der Waals surface area contributed by atoms with Crippen LogP contribution in [-0.2, 0) is 19.6 Å². The third-order valence-electron chi connectivity index (χ3n) is 4.87. The predicted octanol–water partition coefficient (Wildman–Crippen LogP) is 5.47. The maximum absolute atomic E-state index is 13.2. The largest absolute Gasteiger partial charge is 0.460 e. The van der Waals surface area contributed by atoms with Crippen LogP contribution in [-0.4, -0.2) is 26.0 Å². The van der Waals surface area contributed by atoms with E-state index < -0.39 is 27.6 Å². The zero-order valence-electron chi connectivity index (χ0n) is 20.9. The Morgan fingerprint density at radius 2 is 1.55 bits per heavy atom. The van der Waals surface area contributed by atoms with Crippen LogP contribution in [0, 0.1) is 38.5 Å². The van der Waals surface area contributed by atoms with E-state index in [-0.39, 0.29) is 11.9 Å². The number of rotatable bonds is 9. The van der Waals surface area contributed by atoms with Crippen molar-refractivity contribution >= 4 is 16.0 Å². The molecule has 0 aromatic heterocycles. The first-order valence-corrected chi connectivity index (χ1v) is 12.5. The molecule has 0 amide bonds. The molecule has 0 unspecified atom stereocenters. The van der Waals surface area contributed by atoms with E-state index in [0.717, 1.165) is 16.7 Å². The lowest BCUT2D eigenvalue weighted by Gasteiger charge is -2.24. The standard InChI is InChI=1S/C25H41NO4S/c1-16(2)13-21(24(27)30-25(8,9)10)11-12-22(17(3)4)26-31(28,29)23-19(6)14-18(5)15-20(23)7/h11-12,14-17,21-22,26H,13H2,1-10H3/b12-11+/t21-,22+/m0/s1. The molecule has 1 N–H and O–H groups in total. The van der Waals surface area contributed by atoms with Crippen LogP contribution in [0.3, 0.4) is 0 Å². The molecule has 1 rings (SSSR count). The van der Waals surface area contributed by atoms with Gasteiger partial charge in [0, 0.05) is 6.04 Å². The molecule has 0 saturated heterocycles. The average Bonchev–Trinajstić information content (AvgIpc) is 2.53. The molecule has 0 saturated carbocycles. The molecule has 1 aromatic carbocycles. The van der Waals surface area contributed by atoms with Crippen molar-refractivity contribution in [3.8, 4) is 0 Å². The molecule has 176 valence electrons. The lowest BCUT2D eigenvalue weighted by molar-refractivity contribution is -0.158. The van der Waals surface area contributed by atoms with Crippen LogP contribution >= 0.6 is 0 Å². The molecular formula is C25H41NO4S. The van der Waals surface area contributed by atoms with Gasteiger partial charge in [-0.1, -0.05) is 57.5 Å². The number of carbonyl (C=O) groups excluding carboxylic acids is 1. The van der Waals surface area contributed by atoms with Crippen molar-refractivity contribution in [1.82, 2.24) is 4.72 Å². The summed E-state index contributed by atoms with van der Waals surface area (Å²) in [7, 11) is -3.72. The highest BCUT2D eigenvalue weighted by atomic mass is 32.2. The summed E-state index contributed by atoms with van der Waals surface area (Å²) in [5, 5.41) is 0. The van der Waals surface area contributed by atoms with Crippen molar-refractivity contribution in [2.45, 2.75) is 92.2 Å². The molecule has 0 aliphatic heterocycles. The van der Waals surface area contributed by atoms with E-state index in [9.17, 15) is 13.2 Å². The molecule has 0 bridgehead atoms. The lowest BCUT2D eigenvalue weighted by atomic mass is 9.94. The van der Waals surface area contributed by atoms with E-state index in [0.29, 0.717) is 17.2 Å². The summed E-state index contributed by atoms with van der Waals surface area (Å²) in [5.41, 5.74) is 1.91. The summed E-state index contributed by atoms with van der Waals surface area (Å²) in [4.78, 5) is 13.0. The number of aryl methyl sites for hydroxylation is 3. The molecule has 0 heterocycles. The fourth-order valence-electron chi connectivity index (χ4n) is 3.62. The first-order chi connectivity index (χ1) is 14.0. The Morgan fingerprint density at radius 1 is 1.03 bits per heavy atom. The van der Waals surface area contributed by atoms with Crippen LogP contribution < -0.4 is 4.72 Å². The summed E-state index contributed by atoms with van der Waals surface area (Å²) in [6.07, 6.45) is 4.24. The molecular weight excluding hydrogens is 410 g/mol. The number of benzene rings is 1. The molecule has 2 atom stereocenters. The van der Waals surface area contributed by atoms with Gasteiger partial charge < -0.3 is 4.74 Å². The lowest BCUT2D eigenvalue weighted by Crippen LogP contribution is -2.38. The van der Waals surface area contributed by atoms with Crippen LogP contribution in [0.15, 0.2) is 29.2 Å². The smallest absolute Gasteiger partial charge is 0.313 e. The predicted molar refractivity (Wildman–Crippen MR) is 128 cm³/mol. The van der Waals surface area contributed by atoms with Gasteiger partial charge in [0.15, 0.2) is 0 Å². The number of hydrogen-bond donors (Lipinski definition) is 1. The topological polar surface area (TPSA) is 72.5 Å². The zero-order valence-corrected chi connectivity index (χ0v) is 21.7. The second kappa shape index (κ2) is 10.8. The van der Waals surface area contributed by atoms with Gasteiger partial charge in [-0.05, 0) is 70.9 Å². The molecule has 5 nitrogen and oxygen atoms in total. The Balaban J connectivity index is 3.20. The van der Waals surface area contributed by atoms with Crippen LogP contribution in [0.4, 0.5) is 0 Å². The number of hydrogen-bond acceptors (Lipinski definition) is 4. The fraction of sp³-hybridized carbons (Fsp3) is 0.640. The van der Waals surface area contributed by atoms with Gasteiger partial charge in [0.1, 0.15) is 5.60 Å². The Kier molecular flexibility index (Phi) is 9.51. The summed E-state index contributed by atoms with van der Waals surface area (Å²) in [5.74, 6) is -0.398. The van der Waals surface area contributed by atoms with Crippen molar-refractivity contribution in [2.24, 2.45) is 17.8 Å². The molecule has 6 heteroatoms. The summed E-state index contributed by atoms with van der Waals surface area (Å²) < 4.78 is 34.8. The maximum atomic E-state index is 13.2. The monoisotopic (exact) mass is 451 g/mol. The fourth-order valence-corrected chi connectivity index (χ4v) is 5.41. The number of carbonyl (C=O) groups is 1. The van der Waals surface area contributed by atoms with Gasteiger partial charge in [-0.2, -0.15) is 0 Å². The highest BCUT2D eigenvalue weighted by Gasteiger charge is 2.27. The first-order valence-electron chi connectivity index (χ1n) is 11.0. The minimum atomic E-state index is -3.72. The van der Waals surface area contributed by atoms with Gasteiger partial charge in [0.25, 0.3) is 0 Å². The van der Waals surface area contributed by atoms with Crippen LogP contribution in [0.25, 0.3) is 0 Å². The van der Waals surface area contributed by atoms with Gasteiger partial charge in [-0.3, -0.25) is 4.79 Å². The zero-order chi connectivity index (χ0) is 24.1. The van der Waals surface area contributed by atoms with Crippen molar-refractivity contribution in [2.75, 3.05) is 0 Å². The van der Waals surface area contributed by atoms with E-state index in [1.165, 1.54) is 0 Å². The van der Waals surface area contributed by atoms with Crippen molar-refractivity contribution in [1.29, 1.82) is 0 Å². The van der Waals surface area contributed by atoms with Crippen LogP contribution in [0.5, 0.6) is 0 Å². The van der Waals surface area contributed by atoms with Gasteiger partial charge >= 0.3 is 5.97 Å². The normalized spacial score (nSPS) is 15.0. The molecule has 0 aliphatic carbocycles. The average molecular weight is 452 g/mol. The van der Waals surface area contributed by atoms with E-state index >= 15 is 0 Å². The Morgan fingerprint density at radius 3 is 1.97 bits per heavy atom. The van der Waals surface area contributed by atoms with Gasteiger partial charge in [-0.15, -0.1) is 0 Å². The molecule has 1 aromatic rings. The minimum Gasteiger partial charge on any atom is -0.460 e. The van der Waals surface area contributed by atoms with Crippen molar-refractivity contribution in [3.63, 3.8) is 0 Å². The number of esters is 1. The Bertz CT molecular complexity index is 870. The second-order valence-electron chi connectivity index (χ2n) is 10.3. The highest BCUT2D eigenvalue weighted by Crippen LogP contribution is 2.24. The summed E-state index contributed by atoms with van der Waals surface area (Å²) in [6.45, 7) is 19.1. The second-order valence-corrected chi connectivity index (χ2v) is 11.9. The minimum absolute atomic E-state index is 0.00965. The SMILES string of the molecule is Cc1cc(C)c(S(=O)(=O)N[C@H](/C=C/[C@@H](CC(C)C)C(=O)OC(C)(C)C)C(C)C)c(C)c1. The molecule has 0 radical (unpaired) electrons.